The minimum atomic E-state index is -4.86. The maximum atomic E-state index is 14.6. The van der Waals surface area contributed by atoms with Crippen molar-refractivity contribution in [2.75, 3.05) is 5.32 Å². The van der Waals surface area contributed by atoms with Crippen LogP contribution in [-0.2, 0) is 0 Å². The summed E-state index contributed by atoms with van der Waals surface area (Å²) >= 11 is 5.78. The van der Waals surface area contributed by atoms with Crippen LogP contribution < -0.4 is 14.8 Å². The molecule has 3 aromatic rings. The summed E-state index contributed by atoms with van der Waals surface area (Å²) in [7, 11) is 0. The molecule has 1 N–H and O–H groups in total. The Kier molecular flexibility index (Phi) is 6.35. The zero-order valence-electron chi connectivity index (χ0n) is 15.7. The number of carbonyl (C=O) groups excluding carboxylic acids is 1. The molecule has 0 fully saturated rings. The van der Waals surface area contributed by atoms with Crippen molar-refractivity contribution in [1.82, 2.24) is 0 Å². The average molecular weight is 458 g/mol. The van der Waals surface area contributed by atoms with Gasteiger partial charge in [-0.15, -0.1) is 13.2 Å². The summed E-state index contributed by atoms with van der Waals surface area (Å²) in [5, 5.41) is 2.08. The van der Waals surface area contributed by atoms with Crippen LogP contribution in [0.1, 0.15) is 15.9 Å². The molecular formula is C21H13ClF5NO3. The highest BCUT2D eigenvalue weighted by molar-refractivity contribution is 6.31. The Labute approximate surface area is 178 Å². The van der Waals surface area contributed by atoms with Crippen LogP contribution in [0.25, 0.3) is 0 Å². The van der Waals surface area contributed by atoms with E-state index in [1.807, 2.05) is 0 Å². The highest BCUT2D eigenvalue weighted by Crippen LogP contribution is 2.33. The van der Waals surface area contributed by atoms with E-state index in [0.717, 1.165) is 36.4 Å². The summed E-state index contributed by atoms with van der Waals surface area (Å²) in [6.45, 7) is 1.49. The van der Waals surface area contributed by atoms with Crippen molar-refractivity contribution in [1.29, 1.82) is 0 Å². The zero-order valence-corrected chi connectivity index (χ0v) is 16.4. The molecule has 0 saturated carbocycles. The lowest BCUT2D eigenvalue weighted by atomic mass is 10.1. The van der Waals surface area contributed by atoms with E-state index < -0.39 is 35.2 Å². The molecule has 0 spiro atoms. The first-order chi connectivity index (χ1) is 14.5. The molecule has 0 aliphatic rings. The molecule has 0 atom stereocenters. The molecule has 31 heavy (non-hydrogen) atoms. The standard InChI is InChI=1S/C21H13ClF5NO3/c1-11-10-12(2-8-16(11)23)28-20(29)18-17(9-7-15(22)19(18)24)30-13-3-5-14(6-4-13)31-21(25,26)27/h2-10H,1H3,(H,28,29). The third-order valence-corrected chi connectivity index (χ3v) is 4.28. The van der Waals surface area contributed by atoms with Crippen LogP contribution in [0.5, 0.6) is 17.2 Å². The van der Waals surface area contributed by atoms with E-state index in [0.29, 0.717) is 0 Å². The van der Waals surface area contributed by atoms with Crippen molar-refractivity contribution in [3.8, 4) is 17.2 Å². The zero-order chi connectivity index (χ0) is 22.8. The summed E-state index contributed by atoms with van der Waals surface area (Å²) < 4.78 is 74.1. The van der Waals surface area contributed by atoms with Gasteiger partial charge in [-0.1, -0.05) is 11.6 Å². The van der Waals surface area contributed by atoms with Gasteiger partial charge in [0.25, 0.3) is 5.91 Å². The average Bonchev–Trinajstić information content (AvgIpc) is 2.68. The van der Waals surface area contributed by atoms with Gasteiger partial charge in [-0.3, -0.25) is 4.79 Å². The summed E-state index contributed by atoms with van der Waals surface area (Å²) in [4.78, 5) is 12.7. The Morgan fingerprint density at radius 2 is 1.61 bits per heavy atom. The Bertz CT molecular complexity index is 1120. The highest BCUT2D eigenvalue weighted by Gasteiger charge is 2.31. The SMILES string of the molecule is Cc1cc(NC(=O)c2c(Oc3ccc(OC(F)(F)F)cc3)ccc(Cl)c2F)ccc1F. The molecule has 0 radical (unpaired) electrons. The molecule has 0 aliphatic heterocycles. The second kappa shape index (κ2) is 8.81. The molecule has 0 aromatic heterocycles. The van der Waals surface area contributed by atoms with Gasteiger partial charge < -0.3 is 14.8 Å². The lowest BCUT2D eigenvalue weighted by Gasteiger charge is -2.14. The van der Waals surface area contributed by atoms with E-state index in [4.69, 9.17) is 16.3 Å². The quantitative estimate of drug-likeness (QED) is 0.425. The lowest BCUT2D eigenvalue weighted by molar-refractivity contribution is -0.274. The number of ether oxygens (including phenoxy) is 2. The molecule has 1 amide bonds. The number of halogens is 6. The van der Waals surface area contributed by atoms with Crippen LogP contribution in [0.3, 0.4) is 0 Å². The van der Waals surface area contributed by atoms with Crippen LogP contribution >= 0.6 is 11.6 Å². The van der Waals surface area contributed by atoms with E-state index in [-0.39, 0.29) is 27.8 Å². The van der Waals surface area contributed by atoms with Gasteiger partial charge >= 0.3 is 6.36 Å². The molecular weight excluding hydrogens is 445 g/mol. The maximum absolute atomic E-state index is 14.6. The molecule has 162 valence electrons. The summed E-state index contributed by atoms with van der Waals surface area (Å²) in [5.74, 6) is -3.16. The number of rotatable bonds is 5. The monoisotopic (exact) mass is 457 g/mol. The number of benzene rings is 3. The number of anilines is 1. The van der Waals surface area contributed by atoms with Gasteiger partial charge in [-0.25, -0.2) is 8.78 Å². The first-order valence-corrected chi connectivity index (χ1v) is 9.00. The molecule has 0 aliphatic carbocycles. The Hall–Kier alpha value is -3.33. The largest absolute Gasteiger partial charge is 0.573 e. The predicted molar refractivity (Wildman–Crippen MR) is 104 cm³/mol. The van der Waals surface area contributed by atoms with Crippen molar-refractivity contribution >= 4 is 23.2 Å². The summed E-state index contributed by atoms with van der Waals surface area (Å²) in [6, 6.07) is 10.5. The van der Waals surface area contributed by atoms with Gasteiger partial charge in [0.1, 0.15) is 28.6 Å². The van der Waals surface area contributed by atoms with E-state index in [9.17, 15) is 26.7 Å². The number of hydrogen-bond donors (Lipinski definition) is 1. The normalized spacial score (nSPS) is 11.2. The van der Waals surface area contributed by atoms with Gasteiger partial charge in [0.15, 0.2) is 5.82 Å². The second-order valence-corrected chi connectivity index (χ2v) is 6.68. The van der Waals surface area contributed by atoms with Crippen molar-refractivity contribution in [3.63, 3.8) is 0 Å². The highest BCUT2D eigenvalue weighted by atomic mass is 35.5. The predicted octanol–water partition coefficient (Wildman–Crippen LogP) is 6.87. The van der Waals surface area contributed by atoms with Crippen molar-refractivity contribution in [3.05, 3.63) is 82.4 Å². The van der Waals surface area contributed by atoms with Crippen molar-refractivity contribution in [2.45, 2.75) is 13.3 Å². The van der Waals surface area contributed by atoms with Crippen LogP contribution in [0.2, 0.25) is 5.02 Å². The molecule has 0 saturated heterocycles. The first-order valence-electron chi connectivity index (χ1n) is 8.62. The number of aryl methyl sites for hydroxylation is 1. The Morgan fingerprint density at radius 3 is 2.23 bits per heavy atom. The van der Waals surface area contributed by atoms with Gasteiger partial charge in [-0.2, -0.15) is 0 Å². The molecule has 3 aromatic carbocycles. The topological polar surface area (TPSA) is 47.6 Å². The summed E-state index contributed by atoms with van der Waals surface area (Å²) in [6.07, 6.45) is -4.86. The Balaban J connectivity index is 1.87. The third-order valence-electron chi connectivity index (χ3n) is 3.98. The number of hydrogen-bond acceptors (Lipinski definition) is 3. The van der Waals surface area contributed by atoms with Crippen LogP contribution in [0.4, 0.5) is 27.6 Å². The molecule has 0 unspecified atom stereocenters. The number of alkyl halides is 3. The van der Waals surface area contributed by atoms with Crippen LogP contribution in [-0.4, -0.2) is 12.3 Å². The van der Waals surface area contributed by atoms with Crippen molar-refractivity contribution < 1.29 is 36.2 Å². The number of nitrogens with one attached hydrogen (secondary N) is 1. The second-order valence-electron chi connectivity index (χ2n) is 6.27. The molecule has 0 bridgehead atoms. The van der Waals surface area contributed by atoms with Crippen LogP contribution in [0.15, 0.2) is 54.6 Å². The fraction of sp³-hybridized carbons (Fsp3) is 0.0952. The first kappa shape index (κ1) is 22.4. The summed E-state index contributed by atoms with van der Waals surface area (Å²) in [5.41, 5.74) is -0.0602. The molecule has 10 heteroatoms. The van der Waals surface area contributed by atoms with E-state index >= 15 is 0 Å². The van der Waals surface area contributed by atoms with Gasteiger partial charge in [0.05, 0.1) is 5.02 Å². The molecule has 0 heterocycles. The number of amides is 1. The van der Waals surface area contributed by atoms with Gasteiger partial charge in [0.2, 0.25) is 0 Å². The lowest BCUT2D eigenvalue weighted by Crippen LogP contribution is -2.17. The maximum Gasteiger partial charge on any atom is 0.573 e. The fourth-order valence-electron chi connectivity index (χ4n) is 2.58. The molecule has 3 rings (SSSR count). The Morgan fingerprint density at radius 1 is 0.968 bits per heavy atom. The number of carbonyl (C=O) groups is 1. The van der Waals surface area contributed by atoms with E-state index in [1.165, 1.54) is 25.1 Å². The minimum Gasteiger partial charge on any atom is -0.456 e. The van der Waals surface area contributed by atoms with Gasteiger partial charge in [0, 0.05) is 5.69 Å². The van der Waals surface area contributed by atoms with Gasteiger partial charge in [-0.05, 0) is 67.1 Å². The van der Waals surface area contributed by atoms with Crippen LogP contribution in [0, 0.1) is 18.6 Å². The third kappa shape index (κ3) is 5.64. The fourth-order valence-corrected chi connectivity index (χ4v) is 2.74. The van der Waals surface area contributed by atoms with Crippen molar-refractivity contribution in [2.24, 2.45) is 0 Å². The molecule has 4 nitrogen and oxygen atoms in total. The van der Waals surface area contributed by atoms with E-state index in [1.54, 1.807) is 0 Å². The smallest absolute Gasteiger partial charge is 0.456 e. The minimum absolute atomic E-state index is 0.0166. The van der Waals surface area contributed by atoms with E-state index in [2.05, 4.69) is 10.1 Å².